The molecule has 0 atom stereocenters. The van der Waals surface area contributed by atoms with Gasteiger partial charge in [-0.3, -0.25) is 9.78 Å². The van der Waals surface area contributed by atoms with E-state index in [9.17, 15) is 4.79 Å². The van der Waals surface area contributed by atoms with E-state index in [2.05, 4.69) is 15.3 Å². The van der Waals surface area contributed by atoms with Gasteiger partial charge < -0.3 is 14.8 Å². The van der Waals surface area contributed by atoms with Gasteiger partial charge in [-0.1, -0.05) is 11.6 Å². The van der Waals surface area contributed by atoms with Crippen molar-refractivity contribution >= 4 is 23.3 Å². The van der Waals surface area contributed by atoms with Gasteiger partial charge in [0.15, 0.2) is 17.3 Å². The third kappa shape index (κ3) is 2.65. The predicted octanol–water partition coefficient (Wildman–Crippen LogP) is 2.15. The summed E-state index contributed by atoms with van der Waals surface area (Å²) in [6.07, 6.45) is 2.81. The molecule has 0 bridgehead atoms. The van der Waals surface area contributed by atoms with Crippen molar-refractivity contribution in [2.75, 3.05) is 18.5 Å². The lowest BCUT2D eigenvalue weighted by Gasteiger charge is -2.18. The maximum Gasteiger partial charge on any atom is 0.256 e. The van der Waals surface area contributed by atoms with Crippen LogP contribution in [0.1, 0.15) is 10.4 Å². The van der Waals surface area contributed by atoms with Crippen LogP contribution in [-0.2, 0) is 0 Å². The largest absolute Gasteiger partial charge is 0.486 e. The van der Waals surface area contributed by atoms with Crippen LogP contribution >= 0.6 is 11.6 Å². The molecule has 3 rings (SSSR count). The maximum absolute atomic E-state index is 12.1. The van der Waals surface area contributed by atoms with Crippen molar-refractivity contribution in [1.82, 2.24) is 9.97 Å². The first-order chi connectivity index (χ1) is 9.72. The molecule has 1 N–H and O–H groups in total. The molecule has 2 heterocycles. The number of benzene rings is 1. The highest BCUT2D eigenvalue weighted by atomic mass is 35.5. The van der Waals surface area contributed by atoms with Crippen LogP contribution in [0.2, 0.25) is 5.15 Å². The van der Waals surface area contributed by atoms with Crippen LogP contribution in [0, 0.1) is 0 Å². The maximum atomic E-state index is 12.1. The monoisotopic (exact) mass is 291 g/mol. The standard InChI is InChI=1S/C13H10ClN3O3/c14-11-6-15-7-12(16-11)17-13(18)8-1-2-9-10(5-8)20-4-3-19-9/h1-2,5-7H,3-4H2,(H,16,17,18). The average molecular weight is 292 g/mol. The lowest BCUT2D eigenvalue weighted by Crippen LogP contribution is -2.17. The molecule has 1 aromatic heterocycles. The molecule has 0 saturated heterocycles. The molecule has 0 unspecified atom stereocenters. The molecule has 1 aliphatic rings. The molecule has 1 aromatic carbocycles. The lowest BCUT2D eigenvalue weighted by molar-refractivity contribution is 0.102. The van der Waals surface area contributed by atoms with Gasteiger partial charge in [0.2, 0.25) is 0 Å². The van der Waals surface area contributed by atoms with Gasteiger partial charge in [-0.05, 0) is 18.2 Å². The summed E-state index contributed by atoms with van der Waals surface area (Å²) in [5, 5.41) is 2.83. The summed E-state index contributed by atoms with van der Waals surface area (Å²) < 4.78 is 10.8. The minimum Gasteiger partial charge on any atom is -0.486 e. The van der Waals surface area contributed by atoms with Crippen molar-refractivity contribution < 1.29 is 14.3 Å². The molecule has 0 saturated carbocycles. The number of hydrogen-bond acceptors (Lipinski definition) is 5. The molecule has 2 aromatic rings. The number of halogens is 1. The quantitative estimate of drug-likeness (QED) is 0.918. The van der Waals surface area contributed by atoms with Crippen molar-refractivity contribution in [3.63, 3.8) is 0 Å². The van der Waals surface area contributed by atoms with Gasteiger partial charge in [-0.15, -0.1) is 0 Å². The van der Waals surface area contributed by atoms with Crippen molar-refractivity contribution in [2.24, 2.45) is 0 Å². The molecule has 102 valence electrons. The van der Waals surface area contributed by atoms with E-state index in [1.807, 2.05) is 0 Å². The Kier molecular flexibility index (Phi) is 3.39. The number of anilines is 1. The summed E-state index contributed by atoms with van der Waals surface area (Å²) in [5.74, 6) is 1.16. The Hall–Kier alpha value is -2.34. The number of fused-ring (bicyclic) bond motifs is 1. The zero-order valence-corrected chi connectivity index (χ0v) is 11.1. The molecule has 0 radical (unpaired) electrons. The number of ether oxygens (including phenoxy) is 2. The summed E-state index contributed by atoms with van der Waals surface area (Å²) in [5.41, 5.74) is 0.441. The number of rotatable bonds is 2. The van der Waals surface area contributed by atoms with Crippen LogP contribution in [0.5, 0.6) is 11.5 Å². The van der Waals surface area contributed by atoms with E-state index in [1.54, 1.807) is 18.2 Å². The summed E-state index contributed by atoms with van der Waals surface area (Å²) in [7, 11) is 0. The van der Waals surface area contributed by atoms with E-state index in [-0.39, 0.29) is 16.9 Å². The van der Waals surface area contributed by atoms with Crippen molar-refractivity contribution in [3.8, 4) is 11.5 Å². The number of amides is 1. The summed E-state index contributed by atoms with van der Waals surface area (Å²) in [4.78, 5) is 19.9. The van der Waals surface area contributed by atoms with E-state index in [0.717, 1.165) is 0 Å². The highest BCUT2D eigenvalue weighted by molar-refractivity contribution is 6.29. The topological polar surface area (TPSA) is 73.3 Å². The van der Waals surface area contributed by atoms with Gasteiger partial charge in [0.25, 0.3) is 5.91 Å². The zero-order valence-electron chi connectivity index (χ0n) is 10.3. The minimum atomic E-state index is -0.321. The highest BCUT2D eigenvalue weighted by Gasteiger charge is 2.15. The minimum absolute atomic E-state index is 0.213. The Bertz CT molecular complexity index is 663. The number of nitrogens with zero attached hydrogens (tertiary/aromatic N) is 2. The molecular formula is C13H10ClN3O3. The van der Waals surface area contributed by atoms with Gasteiger partial charge in [-0.25, -0.2) is 4.98 Å². The average Bonchev–Trinajstić information content (AvgIpc) is 2.47. The van der Waals surface area contributed by atoms with Crippen LogP contribution in [0.15, 0.2) is 30.6 Å². The van der Waals surface area contributed by atoms with Crippen LogP contribution < -0.4 is 14.8 Å². The number of nitrogens with one attached hydrogen (secondary N) is 1. The molecule has 0 spiro atoms. The smallest absolute Gasteiger partial charge is 0.256 e. The van der Waals surface area contributed by atoms with Crippen LogP contribution in [0.4, 0.5) is 5.82 Å². The van der Waals surface area contributed by atoms with Crippen molar-refractivity contribution in [2.45, 2.75) is 0 Å². The van der Waals surface area contributed by atoms with Crippen molar-refractivity contribution in [3.05, 3.63) is 41.3 Å². The number of carbonyl (C=O) groups is 1. The Morgan fingerprint density at radius 1 is 1.20 bits per heavy atom. The van der Waals surface area contributed by atoms with Gasteiger partial charge in [0.05, 0.1) is 12.4 Å². The Balaban J connectivity index is 1.80. The van der Waals surface area contributed by atoms with E-state index >= 15 is 0 Å². The normalized spacial score (nSPS) is 12.8. The van der Waals surface area contributed by atoms with E-state index in [0.29, 0.717) is 30.3 Å². The molecule has 7 heteroatoms. The summed E-state index contributed by atoms with van der Waals surface area (Å²) in [6.45, 7) is 0.981. The molecule has 0 fully saturated rings. The van der Waals surface area contributed by atoms with Gasteiger partial charge in [0.1, 0.15) is 18.4 Å². The fourth-order valence-corrected chi connectivity index (χ4v) is 1.92. The second-order valence-electron chi connectivity index (χ2n) is 4.04. The Morgan fingerprint density at radius 3 is 2.80 bits per heavy atom. The van der Waals surface area contributed by atoms with E-state index < -0.39 is 0 Å². The second-order valence-corrected chi connectivity index (χ2v) is 4.43. The number of hydrogen-bond donors (Lipinski definition) is 1. The van der Waals surface area contributed by atoms with E-state index in [4.69, 9.17) is 21.1 Å². The molecule has 1 aliphatic heterocycles. The summed E-state index contributed by atoms with van der Waals surface area (Å²) in [6, 6.07) is 4.98. The Morgan fingerprint density at radius 2 is 2.00 bits per heavy atom. The van der Waals surface area contributed by atoms with Crippen LogP contribution in [0.3, 0.4) is 0 Å². The van der Waals surface area contributed by atoms with Crippen LogP contribution in [0.25, 0.3) is 0 Å². The first-order valence-electron chi connectivity index (χ1n) is 5.91. The van der Waals surface area contributed by atoms with Gasteiger partial charge in [-0.2, -0.15) is 0 Å². The zero-order chi connectivity index (χ0) is 13.9. The molecular weight excluding hydrogens is 282 g/mol. The van der Waals surface area contributed by atoms with Gasteiger partial charge >= 0.3 is 0 Å². The molecule has 1 amide bonds. The predicted molar refractivity (Wildman–Crippen MR) is 72.4 cm³/mol. The number of carbonyl (C=O) groups excluding carboxylic acids is 1. The SMILES string of the molecule is O=C(Nc1cncc(Cl)n1)c1ccc2c(c1)OCCO2. The molecule has 20 heavy (non-hydrogen) atoms. The van der Waals surface area contributed by atoms with Gasteiger partial charge in [0, 0.05) is 5.56 Å². The fourth-order valence-electron chi connectivity index (χ4n) is 1.78. The van der Waals surface area contributed by atoms with E-state index in [1.165, 1.54) is 12.4 Å². The van der Waals surface area contributed by atoms with Crippen LogP contribution in [-0.4, -0.2) is 29.1 Å². The second kappa shape index (κ2) is 5.34. The fraction of sp³-hybridized carbons (Fsp3) is 0.154. The molecule has 6 nitrogen and oxygen atoms in total. The van der Waals surface area contributed by atoms with Crippen molar-refractivity contribution in [1.29, 1.82) is 0 Å². The molecule has 0 aliphatic carbocycles. The first-order valence-corrected chi connectivity index (χ1v) is 6.29. The lowest BCUT2D eigenvalue weighted by atomic mass is 10.2. The third-order valence-electron chi connectivity index (χ3n) is 2.65. The first kappa shape index (κ1) is 12.7. The third-order valence-corrected chi connectivity index (χ3v) is 2.83. The summed E-state index contributed by atoms with van der Waals surface area (Å²) >= 11 is 5.71. The highest BCUT2D eigenvalue weighted by Crippen LogP contribution is 2.30. The Labute approximate surface area is 119 Å². The number of aromatic nitrogens is 2.